The van der Waals surface area contributed by atoms with E-state index in [0.29, 0.717) is 17.9 Å². The van der Waals surface area contributed by atoms with Gasteiger partial charge in [0.25, 0.3) is 0 Å². The molecule has 0 N–H and O–H groups in total. The minimum atomic E-state index is 0.101. The van der Waals surface area contributed by atoms with Gasteiger partial charge in [0.2, 0.25) is 11.8 Å². The Hall–Kier alpha value is -2.10. The largest absolute Gasteiger partial charge is 0.437 e. The Bertz CT molecular complexity index is 699. The Kier molecular flexibility index (Phi) is 3.90. The second-order valence-electron chi connectivity index (χ2n) is 6.64. The summed E-state index contributed by atoms with van der Waals surface area (Å²) in [5, 5.41) is 0. The monoisotopic (exact) mass is 310 g/mol. The zero-order chi connectivity index (χ0) is 15.6. The molecule has 1 aromatic heterocycles. The summed E-state index contributed by atoms with van der Waals surface area (Å²) in [4.78, 5) is 19.1. The van der Waals surface area contributed by atoms with Gasteiger partial charge in [-0.15, -0.1) is 0 Å². The number of likely N-dealkylation sites (tertiary alicyclic amines) is 1. The topological polar surface area (TPSA) is 46.3 Å². The number of nitrogens with zero attached hydrogens (tertiary/aromatic N) is 2. The highest BCUT2D eigenvalue weighted by atomic mass is 16.3. The van der Waals surface area contributed by atoms with Crippen molar-refractivity contribution in [3.8, 4) is 0 Å². The maximum Gasteiger partial charge on any atom is 0.247 e. The third-order valence-electron chi connectivity index (χ3n) is 5.21. The van der Waals surface area contributed by atoms with Crippen molar-refractivity contribution in [2.24, 2.45) is 5.92 Å². The highest BCUT2D eigenvalue weighted by molar-refractivity contribution is 5.92. The number of amides is 1. The molecule has 2 fully saturated rings. The molecule has 2 heterocycles. The molecule has 4 nitrogen and oxygen atoms in total. The summed E-state index contributed by atoms with van der Waals surface area (Å²) in [5.74, 6) is 1.31. The molecular formula is C19H22N2O2. The van der Waals surface area contributed by atoms with Crippen molar-refractivity contribution >= 4 is 23.1 Å². The first-order valence-corrected chi connectivity index (χ1v) is 8.65. The molecule has 4 rings (SSSR count). The van der Waals surface area contributed by atoms with Crippen molar-refractivity contribution in [1.29, 1.82) is 0 Å². The van der Waals surface area contributed by atoms with Crippen LogP contribution in [0.5, 0.6) is 0 Å². The minimum Gasteiger partial charge on any atom is -0.437 e. The van der Waals surface area contributed by atoms with Crippen LogP contribution in [0.4, 0.5) is 0 Å². The Balaban J connectivity index is 1.49. The molecule has 2 aliphatic rings. The smallest absolute Gasteiger partial charge is 0.247 e. The molecule has 120 valence electrons. The lowest BCUT2D eigenvalue weighted by Crippen LogP contribution is -2.49. The summed E-state index contributed by atoms with van der Waals surface area (Å²) in [5.41, 5.74) is 1.58. The van der Waals surface area contributed by atoms with E-state index >= 15 is 0 Å². The van der Waals surface area contributed by atoms with E-state index in [-0.39, 0.29) is 5.91 Å². The van der Waals surface area contributed by atoms with Gasteiger partial charge in [-0.05, 0) is 43.7 Å². The van der Waals surface area contributed by atoms with E-state index < -0.39 is 0 Å². The number of rotatable bonds is 2. The number of oxazole rings is 1. The fraction of sp³-hybridized carbons (Fsp3) is 0.474. The molecule has 2 unspecified atom stereocenters. The van der Waals surface area contributed by atoms with Gasteiger partial charge in [-0.2, -0.15) is 0 Å². The van der Waals surface area contributed by atoms with Gasteiger partial charge < -0.3 is 9.32 Å². The number of hydrogen-bond acceptors (Lipinski definition) is 3. The maximum absolute atomic E-state index is 12.6. The number of benzene rings is 1. The standard InChI is InChI=1S/C19H22N2O2/c22-19(21-13-5-7-14-6-1-3-9-16(14)21)12-11-18-20-15-8-2-4-10-17(15)23-18/h2,4,8,10-12,14,16H,1,3,5-7,9,13H2/b12-11+. The van der Waals surface area contributed by atoms with Gasteiger partial charge in [0.1, 0.15) is 5.52 Å². The van der Waals surface area contributed by atoms with Crippen LogP contribution in [0, 0.1) is 5.92 Å². The first-order valence-electron chi connectivity index (χ1n) is 8.65. The van der Waals surface area contributed by atoms with Crippen LogP contribution in [0.15, 0.2) is 34.8 Å². The summed E-state index contributed by atoms with van der Waals surface area (Å²) < 4.78 is 5.64. The SMILES string of the molecule is O=C(/C=C/c1nc2ccccc2o1)N1CCCC2CCCCC21. The lowest BCUT2D eigenvalue weighted by atomic mass is 9.78. The van der Waals surface area contributed by atoms with E-state index in [2.05, 4.69) is 9.88 Å². The molecule has 1 aliphatic carbocycles. The lowest BCUT2D eigenvalue weighted by Gasteiger charge is -2.43. The summed E-state index contributed by atoms with van der Waals surface area (Å²) in [6, 6.07) is 8.09. The Morgan fingerprint density at radius 2 is 2.00 bits per heavy atom. The number of carbonyl (C=O) groups is 1. The minimum absolute atomic E-state index is 0.101. The van der Waals surface area contributed by atoms with Gasteiger partial charge >= 0.3 is 0 Å². The average molecular weight is 310 g/mol. The maximum atomic E-state index is 12.6. The van der Waals surface area contributed by atoms with Crippen LogP contribution < -0.4 is 0 Å². The van der Waals surface area contributed by atoms with Crippen LogP contribution >= 0.6 is 0 Å². The van der Waals surface area contributed by atoms with Crippen molar-refractivity contribution in [1.82, 2.24) is 9.88 Å². The van der Waals surface area contributed by atoms with Crippen molar-refractivity contribution < 1.29 is 9.21 Å². The van der Waals surface area contributed by atoms with E-state index in [9.17, 15) is 4.79 Å². The number of aromatic nitrogens is 1. The van der Waals surface area contributed by atoms with Gasteiger partial charge in [0, 0.05) is 24.7 Å². The van der Waals surface area contributed by atoms with Gasteiger partial charge in [0.05, 0.1) is 0 Å². The molecule has 1 aromatic carbocycles. The number of para-hydroxylation sites is 2. The molecule has 4 heteroatoms. The third-order valence-corrected chi connectivity index (χ3v) is 5.21. The van der Waals surface area contributed by atoms with Gasteiger partial charge in [0.15, 0.2) is 5.58 Å². The number of hydrogen-bond donors (Lipinski definition) is 0. The second kappa shape index (κ2) is 6.19. The lowest BCUT2D eigenvalue weighted by molar-refractivity contribution is -0.132. The fourth-order valence-electron chi connectivity index (χ4n) is 4.10. The Morgan fingerprint density at radius 3 is 2.91 bits per heavy atom. The second-order valence-corrected chi connectivity index (χ2v) is 6.64. The predicted molar refractivity (Wildman–Crippen MR) is 89.7 cm³/mol. The van der Waals surface area contributed by atoms with Crippen molar-refractivity contribution in [3.63, 3.8) is 0 Å². The van der Waals surface area contributed by atoms with Crippen LogP contribution in [0.2, 0.25) is 0 Å². The van der Waals surface area contributed by atoms with E-state index in [0.717, 1.165) is 30.5 Å². The summed E-state index contributed by atoms with van der Waals surface area (Å²) in [7, 11) is 0. The molecule has 0 bridgehead atoms. The van der Waals surface area contributed by atoms with Crippen LogP contribution in [-0.2, 0) is 4.79 Å². The number of carbonyl (C=O) groups excluding carboxylic acids is 1. The zero-order valence-electron chi connectivity index (χ0n) is 13.3. The molecular weight excluding hydrogens is 288 g/mol. The van der Waals surface area contributed by atoms with E-state index in [1.54, 1.807) is 12.2 Å². The molecule has 1 saturated carbocycles. The molecule has 1 saturated heterocycles. The van der Waals surface area contributed by atoms with E-state index in [1.165, 1.54) is 25.7 Å². The van der Waals surface area contributed by atoms with Crippen LogP contribution in [0.1, 0.15) is 44.4 Å². The van der Waals surface area contributed by atoms with Crippen LogP contribution in [0.3, 0.4) is 0 Å². The van der Waals surface area contributed by atoms with Gasteiger partial charge in [-0.1, -0.05) is 25.0 Å². The van der Waals surface area contributed by atoms with E-state index in [4.69, 9.17) is 4.42 Å². The first kappa shape index (κ1) is 14.5. The molecule has 2 aromatic rings. The van der Waals surface area contributed by atoms with Crippen LogP contribution in [-0.4, -0.2) is 28.4 Å². The zero-order valence-corrected chi connectivity index (χ0v) is 13.3. The van der Waals surface area contributed by atoms with Crippen molar-refractivity contribution in [2.45, 2.75) is 44.6 Å². The molecule has 23 heavy (non-hydrogen) atoms. The predicted octanol–water partition coefficient (Wildman–Crippen LogP) is 4.02. The highest BCUT2D eigenvalue weighted by Crippen LogP contribution is 2.35. The molecule has 0 radical (unpaired) electrons. The van der Waals surface area contributed by atoms with Gasteiger partial charge in [-0.3, -0.25) is 4.79 Å². The van der Waals surface area contributed by atoms with Crippen molar-refractivity contribution in [2.75, 3.05) is 6.54 Å². The van der Waals surface area contributed by atoms with Crippen LogP contribution in [0.25, 0.3) is 17.2 Å². The summed E-state index contributed by atoms with van der Waals surface area (Å²) in [6.45, 7) is 0.887. The summed E-state index contributed by atoms with van der Waals surface area (Å²) >= 11 is 0. The Morgan fingerprint density at radius 1 is 1.17 bits per heavy atom. The summed E-state index contributed by atoms with van der Waals surface area (Å²) in [6.07, 6.45) is 10.8. The van der Waals surface area contributed by atoms with Gasteiger partial charge in [-0.25, -0.2) is 4.98 Å². The normalized spacial score (nSPS) is 25.0. The molecule has 1 aliphatic heterocycles. The molecule has 2 atom stereocenters. The van der Waals surface area contributed by atoms with Crippen molar-refractivity contribution in [3.05, 3.63) is 36.2 Å². The first-order chi connectivity index (χ1) is 11.3. The molecule has 1 amide bonds. The van der Waals surface area contributed by atoms with E-state index in [1.807, 2.05) is 24.3 Å². The third kappa shape index (κ3) is 2.90. The number of fused-ring (bicyclic) bond motifs is 2. The quantitative estimate of drug-likeness (QED) is 0.787. The average Bonchev–Trinajstić information content (AvgIpc) is 3.02. The highest BCUT2D eigenvalue weighted by Gasteiger charge is 2.34. The molecule has 0 spiro atoms. The number of piperidine rings is 1. The fourth-order valence-corrected chi connectivity index (χ4v) is 4.10. The Labute approximate surface area is 136 Å².